The molecule has 4 nitrogen and oxygen atoms in total. The Morgan fingerprint density at radius 1 is 0.474 bits per heavy atom. The molecule has 0 rings (SSSR count). The minimum Gasteiger partial charge on any atom is -0.726 e. The van der Waals surface area contributed by atoms with Crippen LogP contribution in [0, 0.1) is 5.92 Å². The Balaban J connectivity index is 0. The summed E-state index contributed by atoms with van der Waals surface area (Å²) >= 11 is 0. The Bertz CT molecular complexity index is 542. The molecule has 0 spiro atoms. The van der Waals surface area contributed by atoms with Gasteiger partial charge in [0.2, 0.25) is 10.4 Å². The molecule has 0 aromatic carbocycles. The van der Waals surface area contributed by atoms with Crippen molar-refractivity contribution >= 4 is 10.4 Å². The van der Waals surface area contributed by atoms with E-state index in [-0.39, 0.29) is 63.9 Å². The number of rotatable bonds is 31. The Hall–Kier alpha value is 1.51. The van der Waals surface area contributed by atoms with E-state index in [0.29, 0.717) is 0 Å². The van der Waals surface area contributed by atoms with Gasteiger partial charge >= 0.3 is 51.4 Å². The summed E-state index contributed by atoms with van der Waals surface area (Å²) in [4.78, 5) is 0. The molecule has 224 valence electrons. The van der Waals surface area contributed by atoms with E-state index < -0.39 is 10.4 Å². The number of hydrogen-bond donors (Lipinski definition) is 0. The van der Waals surface area contributed by atoms with E-state index in [0.717, 1.165) is 25.7 Å². The summed E-state index contributed by atoms with van der Waals surface area (Å²) in [6.45, 7) is 4.60. The van der Waals surface area contributed by atoms with Gasteiger partial charge in [-0.1, -0.05) is 181 Å². The van der Waals surface area contributed by atoms with Crippen LogP contribution in [-0.2, 0) is 14.6 Å². The summed E-state index contributed by atoms with van der Waals surface area (Å²) in [5.41, 5.74) is 0. The topological polar surface area (TPSA) is 66.4 Å². The van der Waals surface area contributed by atoms with Crippen LogP contribution in [0.25, 0.3) is 0 Å². The normalized spacial score (nSPS) is 12.5. The summed E-state index contributed by atoms with van der Waals surface area (Å²) < 4.78 is 37.4. The third kappa shape index (κ3) is 35.5. The van der Waals surface area contributed by atoms with Gasteiger partial charge < -0.3 is 4.55 Å². The van der Waals surface area contributed by atoms with Gasteiger partial charge in [0.25, 0.3) is 0 Å². The third-order valence-corrected chi connectivity index (χ3v) is 8.30. The molecule has 0 heterocycles. The van der Waals surface area contributed by atoms with Crippen molar-refractivity contribution in [1.82, 2.24) is 0 Å². The quantitative estimate of drug-likeness (QED) is 0.0358. The van der Waals surface area contributed by atoms with Gasteiger partial charge in [0.1, 0.15) is 0 Å². The van der Waals surface area contributed by atoms with Crippen molar-refractivity contribution in [3.63, 3.8) is 0 Å². The van der Waals surface area contributed by atoms with Crippen LogP contribution >= 0.6 is 0 Å². The van der Waals surface area contributed by atoms with Crippen molar-refractivity contribution < 1.29 is 68.5 Å². The van der Waals surface area contributed by atoms with E-state index in [1.165, 1.54) is 154 Å². The fourth-order valence-corrected chi connectivity index (χ4v) is 5.75. The zero-order valence-electron chi connectivity index (χ0n) is 26.1. The van der Waals surface area contributed by atoms with E-state index in [1.54, 1.807) is 0 Å². The van der Waals surface area contributed by atoms with Gasteiger partial charge in [0.15, 0.2) is 0 Å². The second-order valence-electron chi connectivity index (χ2n) is 11.6. The van der Waals surface area contributed by atoms with Gasteiger partial charge in [-0.2, -0.15) is 0 Å². The zero-order valence-corrected chi connectivity index (χ0v) is 30.1. The molecule has 0 saturated carbocycles. The molecule has 1 unspecified atom stereocenters. The van der Waals surface area contributed by atoms with Gasteiger partial charge in [0.05, 0.1) is 6.61 Å². The molecule has 0 radical (unpaired) electrons. The molecule has 0 bridgehead atoms. The smallest absolute Gasteiger partial charge is 0.726 e. The zero-order chi connectivity index (χ0) is 27.3. The molecular formula is C32H65KO4S. The molecule has 0 N–H and O–H groups in total. The van der Waals surface area contributed by atoms with E-state index >= 15 is 0 Å². The summed E-state index contributed by atoms with van der Waals surface area (Å²) in [5, 5.41) is 0. The standard InChI is InChI=1S/C32H66O4S.K/c1-3-5-7-9-11-13-14-15-16-17-18-19-20-22-24-26-28-30-32(31-36-37(33,34)35)29-27-25-23-21-12-10-8-6-4-2;/h32H,3-31H2,1-2H3,(H,33,34,35);/q;+1/p-1. The average molecular weight is 585 g/mol. The second kappa shape index (κ2) is 33.0. The van der Waals surface area contributed by atoms with Gasteiger partial charge in [-0.05, 0) is 18.8 Å². The van der Waals surface area contributed by atoms with Crippen molar-refractivity contribution in [2.45, 2.75) is 194 Å². The molecule has 0 aliphatic carbocycles. The summed E-state index contributed by atoms with van der Waals surface area (Å²) in [7, 11) is -4.58. The van der Waals surface area contributed by atoms with Gasteiger partial charge in [-0.15, -0.1) is 0 Å². The van der Waals surface area contributed by atoms with Crippen LogP contribution in [0.1, 0.15) is 194 Å². The predicted octanol–water partition coefficient (Wildman–Crippen LogP) is 8.05. The average Bonchev–Trinajstić information content (AvgIpc) is 2.87. The Morgan fingerprint density at radius 3 is 0.947 bits per heavy atom. The van der Waals surface area contributed by atoms with Gasteiger partial charge in [-0.25, -0.2) is 8.42 Å². The van der Waals surface area contributed by atoms with Crippen molar-refractivity contribution in [1.29, 1.82) is 0 Å². The Kier molecular flexibility index (Phi) is 36.2. The fraction of sp³-hybridized carbons (Fsp3) is 1.00. The van der Waals surface area contributed by atoms with Crippen LogP contribution < -0.4 is 51.4 Å². The van der Waals surface area contributed by atoms with E-state index in [9.17, 15) is 13.0 Å². The molecule has 38 heavy (non-hydrogen) atoms. The fourth-order valence-electron chi connectivity index (χ4n) is 5.39. The van der Waals surface area contributed by atoms with Crippen LogP contribution in [-0.4, -0.2) is 19.6 Å². The molecule has 0 fully saturated rings. The predicted molar refractivity (Wildman–Crippen MR) is 160 cm³/mol. The Morgan fingerprint density at radius 2 is 0.711 bits per heavy atom. The molecule has 1 atom stereocenters. The van der Waals surface area contributed by atoms with Gasteiger partial charge in [0, 0.05) is 0 Å². The molecular weight excluding hydrogens is 520 g/mol. The molecule has 0 amide bonds. The molecule has 0 aliphatic heterocycles. The molecule has 0 aromatic rings. The van der Waals surface area contributed by atoms with Crippen LogP contribution in [0.2, 0.25) is 0 Å². The molecule has 0 saturated heterocycles. The van der Waals surface area contributed by atoms with E-state index in [4.69, 9.17) is 0 Å². The van der Waals surface area contributed by atoms with Crippen molar-refractivity contribution in [3.8, 4) is 0 Å². The van der Waals surface area contributed by atoms with E-state index in [2.05, 4.69) is 18.0 Å². The largest absolute Gasteiger partial charge is 1.00 e. The van der Waals surface area contributed by atoms with Crippen LogP contribution in [0.4, 0.5) is 0 Å². The maximum atomic E-state index is 10.9. The van der Waals surface area contributed by atoms with E-state index in [1.807, 2.05) is 0 Å². The SMILES string of the molecule is CCCCCCCCCCCCCCCCCCCC(CCCCCCCCCCC)COS(=O)(=O)[O-].[K+]. The van der Waals surface area contributed by atoms with Crippen LogP contribution in [0.5, 0.6) is 0 Å². The maximum absolute atomic E-state index is 10.9. The van der Waals surface area contributed by atoms with Crippen molar-refractivity contribution in [3.05, 3.63) is 0 Å². The first-order valence-electron chi connectivity index (χ1n) is 16.6. The van der Waals surface area contributed by atoms with Gasteiger partial charge in [-0.3, -0.25) is 4.18 Å². The minimum atomic E-state index is -4.58. The number of unbranched alkanes of at least 4 members (excludes halogenated alkanes) is 24. The summed E-state index contributed by atoms with van der Waals surface area (Å²) in [6, 6.07) is 0. The first kappa shape index (κ1) is 41.6. The van der Waals surface area contributed by atoms with Crippen molar-refractivity contribution in [2.24, 2.45) is 5.92 Å². The maximum Gasteiger partial charge on any atom is 1.00 e. The summed E-state index contributed by atoms with van der Waals surface area (Å²) in [6.07, 6.45) is 36.7. The third-order valence-electron chi connectivity index (χ3n) is 7.88. The van der Waals surface area contributed by atoms with Crippen LogP contribution in [0.15, 0.2) is 0 Å². The Labute approximate surface area is 282 Å². The molecule has 6 heteroatoms. The van der Waals surface area contributed by atoms with Crippen LogP contribution in [0.3, 0.4) is 0 Å². The monoisotopic (exact) mass is 584 g/mol. The molecule has 0 aromatic heterocycles. The first-order chi connectivity index (χ1) is 18.0. The van der Waals surface area contributed by atoms with Crippen molar-refractivity contribution in [2.75, 3.05) is 6.61 Å². The number of hydrogen-bond acceptors (Lipinski definition) is 4. The summed E-state index contributed by atoms with van der Waals surface area (Å²) in [5.74, 6) is 0.199. The first-order valence-corrected chi connectivity index (χ1v) is 17.9. The second-order valence-corrected chi connectivity index (χ2v) is 12.7. The molecule has 0 aliphatic rings. The minimum absolute atomic E-state index is 0.